The van der Waals surface area contributed by atoms with E-state index in [0.717, 1.165) is 11.8 Å². The van der Waals surface area contributed by atoms with E-state index in [1.165, 1.54) is 12.8 Å². The average molecular weight is 156 g/mol. The van der Waals surface area contributed by atoms with Gasteiger partial charge in [0.15, 0.2) is 0 Å². The smallest absolute Gasteiger partial charge is 0.0954 e. The van der Waals surface area contributed by atoms with Crippen molar-refractivity contribution in [2.45, 2.75) is 31.5 Å². The SMILES string of the molecule is C=COC[Si](C)(C)C1CC1. The van der Waals surface area contributed by atoms with E-state index < -0.39 is 8.07 Å². The lowest BCUT2D eigenvalue weighted by Gasteiger charge is -2.20. The van der Waals surface area contributed by atoms with Gasteiger partial charge in [0.2, 0.25) is 0 Å². The lowest BCUT2D eigenvalue weighted by atomic mass is 11.0. The fourth-order valence-corrected chi connectivity index (χ4v) is 3.77. The Hall–Kier alpha value is -0.243. The average Bonchev–Trinajstić information content (AvgIpc) is 2.64. The summed E-state index contributed by atoms with van der Waals surface area (Å²) in [6, 6.07) is 0. The third kappa shape index (κ3) is 1.87. The van der Waals surface area contributed by atoms with Crippen molar-refractivity contribution in [3.63, 3.8) is 0 Å². The second-order valence-corrected chi connectivity index (χ2v) is 8.82. The maximum absolute atomic E-state index is 5.23. The Morgan fingerprint density at radius 3 is 2.60 bits per heavy atom. The first-order chi connectivity index (χ1) is 4.67. The predicted octanol–water partition coefficient (Wildman–Crippen LogP) is 2.56. The Morgan fingerprint density at radius 2 is 2.20 bits per heavy atom. The van der Waals surface area contributed by atoms with Crippen molar-refractivity contribution in [3.8, 4) is 0 Å². The molecular weight excluding hydrogens is 140 g/mol. The first kappa shape index (κ1) is 7.86. The van der Waals surface area contributed by atoms with Crippen molar-refractivity contribution in [2.24, 2.45) is 0 Å². The van der Waals surface area contributed by atoms with Crippen LogP contribution in [-0.2, 0) is 4.74 Å². The first-order valence-corrected chi connectivity index (χ1v) is 7.18. The highest BCUT2D eigenvalue weighted by molar-refractivity contribution is 6.79. The molecule has 1 aliphatic carbocycles. The third-order valence-electron chi connectivity index (χ3n) is 2.26. The van der Waals surface area contributed by atoms with E-state index in [2.05, 4.69) is 19.7 Å². The Morgan fingerprint density at radius 1 is 1.60 bits per heavy atom. The molecule has 0 amide bonds. The van der Waals surface area contributed by atoms with Gasteiger partial charge in [-0.05, 0) is 5.54 Å². The van der Waals surface area contributed by atoms with Crippen LogP contribution in [0.25, 0.3) is 0 Å². The van der Waals surface area contributed by atoms with E-state index >= 15 is 0 Å². The molecule has 0 radical (unpaired) electrons. The van der Waals surface area contributed by atoms with E-state index in [9.17, 15) is 0 Å². The van der Waals surface area contributed by atoms with Gasteiger partial charge in [0.1, 0.15) is 0 Å². The lowest BCUT2D eigenvalue weighted by Crippen LogP contribution is -2.32. The van der Waals surface area contributed by atoms with E-state index in [1.807, 2.05) is 0 Å². The van der Waals surface area contributed by atoms with Gasteiger partial charge >= 0.3 is 0 Å². The molecule has 0 aromatic carbocycles. The molecule has 1 saturated carbocycles. The van der Waals surface area contributed by atoms with Crippen molar-refractivity contribution in [1.29, 1.82) is 0 Å². The van der Waals surface area contributed by atoms with Gasteiger partial charge in [-0.3, -0.25) is 0 Å². The van der Waals surface area contributed by atoms with Gasteiger partial charge in [0.25, 0.3) is 0 Å². The van der Waals surface area contributed by atoms with Crippen molar-refractivity contribution < 1.29 is 4.74 Å². The van der Waals surface area contributed by atoms with E-state index in [0.29, 0.717) is 0 Å². The normalized spacial score (nSPS) is 18.6. The summed E-state index contributed by atoms with van der Waals surface area (Å²) in [5, 5.41) is 0. The summed E-state index contributed by atoms with van der Waals surface area (Å²) in [6.07, 6.45) is 5.41. The fourth-order valence-electron chi connectivity index (χ4n) is 1.26. The highest BCUT2D eigenvalue weighted by Gasteiger charge is 2.39. The quantitative estimate of drug-likeness (QED) is 0.449. The zero-order valence-electron chi connectivity index (χ0n) is 6.89. The zero-order chi connectivity index (χ0) is 7.61. The van der Waals surface area contributed by atoms with Crippen LogP contribution in [0.5, 0.6) is 0 Å². The van der Waals surface area contributed by atoms with Gasteiger partial charge in [0, 0.05) is 0 Å². The van der Waals surface area contributed by atoms with Gasteiger partial charge in [-0.2, -0.15) is 0 Å². The molecule has 0 unspecified atom stereocenters. The number of hydrogen-bond acceptors (Lipinski definition) is 1. The Kier molecular flexibility index (Phi) is 2.19. The van der Waals surface area contributed by atoms with Crippen molar-refractivity contribution in [2.75, 3.05) is 6.23 Å². The Balaban J connectivity index is 2.27. The van der Waals surface area contributed by atoms with Crippen LogP contribution >= 0.6 is 0 Å². The molecule has 0 spiro atoms. The topological polar surface area (TPSA) is 9.23 Å². The Bertz CT molecular complexity index is 127. The maximum Gasteiger partial charge on any atom is 0.0954 e. The molecule has 1 fully saturated rings. The van der Waals surface area contributed by atoms with Crippen LogP contribution in [-0.4, -0.2) is 14.3 Å². The molecule has 10 heavy (non-hydrogen) atoms. The standard InChI is InChI=1S/C8H16OSi/c1-4-9-7-10(2,3)8-5-6-8/h4,8H,1,5-7H2,2-3H3. The minimum absolute atomic E-state index is 0.959. The predicted molar refractivity (Wildman–Crippen MR) is 46.6 cm³/mol. The lowest BCUT2D eigenvalue weighted by molar-refractivity contribution is 0.304. The van der Waals surface area contributed by atoms with E-state index in [4.69, 9.17) is 4.74 Å². The summed E-state index contributed by atoms with van der Waals surface area (Å²) >= 11 is 0. The molecule has 0 saturated heterocycles. The molecule has 0 aromatic heterocycles. The summed E-state index contributed by atoms with van der Waals surface area (Å²) < 4.78 is 5.23. The van der Waals surface area contributed by atoms with Crippen LogP contribution in [0.15, 0.2) is 12.8 Å². The van der Waals surface area contributed by atoms with Crippen LogP contribution in [0.3, 0.4) is 0 Å². The van der Waals surface area contributed by atoms with Gasteiger partial charge in [0.05, 0.1) is 20.6 Å². The number of ether oxygens (including phenoxy) is 1. The molecule has 0 N–H and O–H groups in total. The van der Waals surface area contributed by atoms with Crippen LogP contribution < -0.4 is 0 Å². The minimum atomic E-state index is -0.984. The highest BCUT2D eigenvalue weighted by Crippen LogP contribution is 2.44. The monoisotopic (exact) mass is 156 g/mol. The molecule has 0 atom stereocenters. The van der Waals surface area contributed by atoms with Crippen molar-refractivity contribution in [1.82, 2.24) is 0 Å². The molecule has 0 aliphatic heterocycles. The molecule has 1 nitrogen and oxygen atoms in total. The second-order valence-electron chi connectivity index (χ2n) is 3.74. The summed E-state index contributed by atoms with van der Waals surface area (Å²) in [4.78, 5) is 0. The van der Waals surface area contributed by atoms with Crippen molar-refractivity contribution >= 4 is 8.07 Å². The molecule has 0 heterocycles. The van der Waals surface area contributed by atoms with Crippen LogP contribution in [0.4, 0.5) is 0 Å². The summed E-state index contributed by atoms with van der Waals surface area (Å²) in [5.41, 5.74) is 1.03. The second kappa shape index (κ2) is 2.78. The third-order valence-corrected chi connectivity index (χ3v) is 5.95. The van der Waals surface area contributed by atoms with Crippen LogP contribution in [0.2, 0.25) is 18.6 Å². The molecular formula is C8H16OSi. The van der Waals surface area contributed by atoms with Gasteiger partial charge in [-0.1, -0.05) is 32.5 Å². The van der Waals surface area contributed by atoms with Gasteiger partial charge in [-0.15, -0.1) is 0 Å². The number of rotatable bonds is 4. The fraction of sp³-hybridized carbons (Fsp3) is 0.750. The summed E-state index contributed by atoms with van der Waals surface area (Å²) in [5.74, 6) is 0. The summed E-state index contributed by atoms with van der Waals surface area (Å²) in [6.45, 7) is 8.34. The summed E-state index contributed by atoms with van der Waals surface area (Å²) in [7, 11) is -0.984. The Labute approximate surface area is 64.1 Å². The largest absolute Gasteiger partial charge is 0.505 e. The van der Waals surface area contributed by atoms with E-state index in [-0.39, 0.29) is 0 Å². The highest BCUT2D eigenvalue weighted by atomic mass is 28.3. The molecule has 58 valence electrons. The van der Waals surface area contributed by atoms with Crippen LogP contribution in [0, 0.1) is 0 Å². The van der Waals surface area contributed by atoms with Crippen LogP contribution in [0.1, 0.15) is 12.8 Å². The number of hydrogen-bond donors (Lipinski definition) is 0. The molecule has 0 aromatic rings. The van der Waals surface area contributed by atoms with Crippen molar-refractivity contribution in [3.05, 3.63) is 12.8 Å². The zero-order valence-corrected chi connectivity index (χ0v) is 7.89. The maximum atomic E-state index is 5.23. The molecule has 1 aliphatic rings. The van der Waals surface area contributed by atoms with E-state index in [1.54, 1.807) is 6.26 Å². The first-order valence-electron chi connectivity index (χ1n) is 3.89. The van der Waals surface area contributed by atoms with Gasteiger partial charge < -0.3 is 4.74 Å². The molecule has 0 bridgehead atoms. The minimum Gasteiger partial charge on any atom is -0.505 e. The molecule has 2 heteroatoms. The molecule has 1 rings (SSSR count). The van der Waals surface area contributed by atoms with Gasteiger partial charge in [-0.25, -0.2) is 0 Å².